The van der Waals surface area contributed by atoms with Gasteiger partial charge in [0.2, 0.25) is 11.8 Å². The van der Waals surface area contributed by atoms with Crippen molar-refractivity contribution in [3.05, 3.63) is 70.8 Å². The van der Waals surface area contributed by atoms with Gasteiger partial charge in [0.05, 0.1) is 25.2 Å². The molecule has 0 aliphatic carbocycles. The normalized spacial score (nSPS) is 16.1. The molecule has 1 aliphatic heterocycles. The number of rotatable bonds is 11. The van der Waals surface area contributed by atoms with Gasteiger partial charge in [-0.1, -0.05) is 31.2 Å². The maximum Gasteiger partial charge on any atom is 0.234 e. The number of aryl methyl sites for hydroxylation is 1. The van der Waals surface area contributed by atoms with Gasteiger partial charge in [-0.05, 0) is 41.7 Å². The van der Waals surface area contributed by atoms with Gasteiger partial charge >= 0.3 is 0 Å². The molecule has 2 atom stereocenters. The molecule has 1 fully saturated rings. The van der Waals surface area contributed by atoms with Crippen molar-refractivity contribution in [3.63, 3.8) is 0 Å². The molecular formula is C25H32F2N4O3. The highest BCUT2D eigenvalue weighted by Gasteiger charge is 2.25. The zero-order chi connectivity index (χ0) is 24.5. The third-order valence-electron chi connectivity index (χ3n) is 5.76. The van der Waals surface area contributed by atoms with Crippen LogP contribution in [0, 0.1) is 11.6 Å². The fraction of sp³-hybridized carbons (Fsp3) is 0.440. The second kappa shape index (κ2) is 12.5. The summed E-state index contributed by atoms with van der Waals surface area (Å²) in [5.41, 5.74) is 2.61. The molecule has 34 heavy (non-hydrogen) atoms. The molecule has 0 saturated carbocycles. The number of piperazine rings is 1. The van der Waals surface area contributed by atoms with E-state index in [2.05, 4.69) is 28.9 Å². The van der Waals surface area contributed by atoms with Crippen LogP contribution in [0.1, 0.15) is 23.6 Å². The van der Waals surface area contributed by atoms with E-state index in [1.807, 2.05) is 18.2 Å². The second-order valence-corrected chi connectivity index (χ2v) is 8.59. The minimum absolute atomic E-state index is 0.00854. The van der Waals surface area contributed by atoms with Crippen LogP contribution in [0.4, 0.5) is 8.78 Å². The summed E-state index contributed by atoms with van der Waals surface area (Å²) in [7, 11) is 0. The number of amides is 2. The number of nitrogens with one attached hydrogen (secondary N) is 3. The summed E-state index contributed by atoms with van der Waals surface area (Å²) in [5, 5.41) is 19.5. The predicted molar refractivity (Wildman–Crippen MR) is 125 cm³/mol. The van der Waals surface area contributed by atoms with E-state index in [-0.39, 0.29) is 37.9 Å². The average Bonchev–Trinajstić information content (AvgIpc) is 2.78. The van der Waals surface area contributed by atoms with Gasteiger partial charge in [-0.15, -0.1) is 0 Å². The summed E-state index contributed by atoms with van der Waals surface area (Å²) < 4.78 is 27.4. The van der Waals surface area contributed by atoms with Crippen molar-refractivity contribution in [1.29, 1.82) is 0 Å². The molecule has 184 valence electrons. The number of halogens is 2. The monoisotopic (exact) mass is 474 g/mol. The summed E-state index contributed by atoms with van der Waals surface area (Å²) in [5.74, 6) is -1.96. The van der Waals surface area contributed by atoms with E-state index < -0.39 is 23.8 Å². The molecule has 1 heterocycles. The van der Waals surface area contributed by atoms with Crippen LogP contribution in [0.2, 0.25) is 0 Å². The lowest BCUT2D eigenvalue weighted by molar-refractivity contribution is -0.127. The number of aliphatic hydroxyl groups is 1. The van der Waals surface area contributed by atoms with Gasteiger partial charge in [0.15, 0.2) is 0 Å². The topological polar surface area (TPSA) is 93.7 Å². The minimum Gasteiger partial charge on any atom is -0.390 e. The third kappa shape index (κ3) is 8.16. The number of carbonyl (C=O) groups is 2. The highest BCUT2D eigenvalue weighted by Crippen LogP contribution is 2.12. The highest BCUT2D eigenvalue weighted by atomic mass is 19.1. The van der Waals surface area contributed by atoms with Crippen molar-refractivity contribution in [2.24, 2.45) is 0 Å². The van der Waals surface area contributed by atoms with Crippen LogP contribution in [0.25, 0.3) is 0 Å². The standard InChI is InChI=1S/C25H32F2N4O3/c1-2-17-4-3-5-18(8-17)13-28-14-23(32)22(11-19-9-20(26)12-21(27)10-19)30-25(34)16-31-7-6-29-24(33)15-31/h3-5,8-10,12,22-23,28,32H,2,6-7,11,13-16H2,1H3,(H,29,33)(H,30,34)/t22-,23-/m0/s1. The van der Waals surface area contributed by atoms with Crippen LogP contribution < -0.4 is 16.0 Å². The van der Waals surface area contributed by atoms with Gasteiger partial charge in [0.1, 0.15) is 11.6 Å². The number of benzene rings is 2. The summed E-state index contributed by atoms with van der Waals surface area (Å²) in [6.07, 6.45) is -0.0306. The van der Waals surface area contributed by atoms with Crippen LogP contribution in [0.5, 0.6) is 0 Å². The lowest BCUT2D eigenvalue weighted by atomic mass is 10.0. The Bertz CT molecular complexity index is 968. The molecule has 0 aromatic heterocycles. The molecule has 0 unspecified atom stereocenters. The lowest BCUT2D eigenvalue weighted by Crippen LogP contribution is -2.54. The van der Waals surface area contributed by atoms with E-state index >= 15 is 0 Å². The van der Waals surface area contributed by atoms with Gasteiger partial charge in [-0.2, -0.15) is 0 Å². The van der Waals surface area contributed by atoms with Gasteiger partial charge in [0, 0.05) is 32.2 Å². The lowest BCUT2D eigenvalue weighted by Gasteiger charge is -2.28. The molecule has 0 bridgehead atoms. The van der Waals surface area contributed by atoms with E-state index in [1.165, 1.54) is 17.7 Å². The van der Waals surface area contributed by atoms with Crippen molar-refractivity contribution in [2.75, 3.05) is 32.7 Å². The Morgan fingerprint density at radius 1 is 1.15 bits per heavy atom. The Kier molecular flexibility index (Phi) is 9.50. The van der Waals surface area contributed by atoms with Crippen molar-refractivity contribution in [1.82, 2.24) is 20.9 Å². The Hall–Kier alpha value is -2.88. The van der Waals surface area contributed by atoms with Gasteiger partial charge in [-0.3, -0.25) is 14.5 Å². The van der Waals surface area contributed by atoms with Crippen LogP contribution in [-0.2, 0) is 29.0 Å². The molecule has 3 rings (SSSR count). The molecule has 9 heteroatoms. The summed E-state index contributed by atoms with van der Waals surface area (Å²) >= 11 is 0. The molecule has 2 amide bonds. The summed E-state index contributed by atoms with van der Waals surface area (Å²) in [4.78, 5) is 25.9. The number of hydrogen-bond donors (Lipinski definition) is 4. The first-order chi connectivity index (χ1) is 16.3. The van der Waals surface area contributed by atoms with E-state index in [1.54, 1.807) is 4.90 Å². The molecule has 2 aromatic rings. The van der Waals surface area contributed by atoms with Crippen molar-refractivity contribution < 1.29 is 23.5 Å². The quantitative estimate of drug-likeness (QED) is 0.392. The largest absolute Gasteiger partial charge is 0.390 e. The first-order valence-corrected chi connectivity index (χ1v) is 11.5. The zero-order valence-electron chi connectivity index (χ0n) is 19.3. The molecule has 1 aliphatic rings. The number of aliphatic hydroxyl groups excluding tert-OH is 1. The van der Waals surface area contributed by atoms with E-state index in [0.717, 1.165) is 18.1 Å². The van der Waals surface area contributed by atoms with E-state index in [9.17, 15) is 23.5 Å². The Labute approximate surface area is 198 Å². The predicted octanol–water partition coefficient (Wildman–Crippen LogP) is 1.14. The fourth-order valence-electron chi connectivity index (χ4n) is 4.01. The van der Waals surface area contributed by atoms with E-state index in [4.69, 9.17) is 0 Å². The SMILES string of the molecule is CCc1cccc(CNC[C@H](O)[C@H](Cc2cc(F)cc(F)c2)NC(=O)CN2CCNC(=O)C2)c1. The van der Waals surface area contributed by atoms with Crippen LogP contribution in [0.15, 0.2) is 42.5 Å². The second-order valence-electron chi connectivity index (χ2n) is 8.59. The molecule has 0 spiro atoms. The number of hydrogen-bond acceptors (Lipinski definition) is 5. The van der Waals surface area contributed by atoms with Crippen molar-refractivity contribution in [3.8, 4) is 0 Å². The molecular weight excluding hydrogens is 442 g/mol. The minimum atomic E-state index is -1.01. The zero-order valence-corrected chi connectivity index (χ0v) is 19.3. The van der Waals surface area contributed by atoms with Crippen LogP contribution in [0.3, 0.4) is 0 Å². The Morgan fingerprint density at radius 3 is 2.59 bits per heavy atom. The maximum absolute atomic E-state index is 13.7. The van der Waals surface area contributed by atoms with Gasteiger partial charge in [-0.25, -0.2) is 8.78 Å². The van der Waals surface area contributed by atoms with Gasteiger partial charge in [0.25, 0.3) is 0 Å². The molecule has 2 aromatic carbocycles. The first-order valence-electron chi connectivity index (χ1n) is 11.5. The summed E-state index contributed by atoms with van der Waals surface area (Å²) in [6, 6.07) is 10.5. The van der Waals surface area contributed by atoms with Crippen molar-refractivity contribution >= 4 is 11.8 Å². The summed E-state index contributed by atoms with van der Waals surface area (Å²) in [6.45, 7) is 3.90. The van der Waals surface area contributed by atoms with E-state index in [0.29, 0.717) is 25.2 Å². The molecule has 1 saturated heterocycles. The number of carbonyl (C=O) groups excluding carboxylic acids is 2. The van der Waals surface area contributed by atoms with Crippen LogP contribution >= 0.6 is 0 Å². The molecule has 4 N–H and O–H groups in total. The van der Waals surface area contributed by atoms with Gasteiger partial charge < -0.3 is 21.1 Å². The average molecular weight is 475 g/mol. The smallest absolute Gasteiger partial charge is 0.234 e. The first kappa shape index (κ1) is 25.7. The third-order valence-corrected chi connectivity index (χ3v) is 5.76. The maximum atomic E-state index is 13.7. The Balaban J connectivity index is 1.62. The highest BCUT2D eigenvalue weighted by molar-refractivity contribution is 5.82. The van der Waals surface area contributed by atoms with Crippen LogP contribution in [-0.4, -0.2) is 66.7 Å². The molecule has 7 nitrogen and oxygen atoms in total. The van der Waals surface area contributed by atoms with Crippen molar-refractivity contribution in [2.45, 2.75) is 38.5 Å². The fourth-order valence-corrected chi connectivity index (χ4v) is 4.01. The number of nitrogens with zero attached hydrogens (tertiary/aromatic N) is 1. The Morgan fingerprint density at radius 2 is 1.88 bits per heavy atom. The molecule has 0 radical (unpaired) electrons.